The predicted molar refractivity (Wildman–Crippen MR) is 117 cm³/mol. The Labute approximate surface area is 185 Å². The molecule has 1 aromatic rings. The highest BCUT2D eigenvalue weighted by atomic mass is 32.2. The van der Waals surface area contributed by atoms with Gasteiger partial charge in [0.15, 0.2) is 0 Å². The molecule has 3 amide bonds. The molecule has 0 saturated carbocycles. The van der Waals surface area contributed by atoms with E-state index < -0.39 is 54.5 Å². The summed E-state index contributed by atoms with van der Waals surface area (Å²) in [6.45, 7) is 0.508. The highest BCUT2D eigenvalue weighted by Crippen LogP contribution is 2.06. The summed E-state index contributed by atoms with van der Waals surface area (Å²) in [4.78, 5) is 48.4. The highest BCUT2D eigenvalue weighted by molar-refractivity contribution is 7.98. The van der Waals surface area contributed by atoms with Crippen LogP contribution in [0.15, 0.2) is 30.3 Å². The Morgan fingerprint density at radius 1 is 1.00 bits per heavy atom. The number of nitrogens with two attached hydrogens (primary N) is 1. The lowest BCUT2D eigenvalue weighted by Gasteiger charge is -2.24. The number of carboxylic acids is 1. The molecule has 0 bridgehead atoms. The average Bonchev–Trinajstić information content (AvgIpc) is 2.75. The van der Waals surface area contributed by atoms with Crippen LogP contribution in [0, 0.1) is 0 Å². The van der Waals surface area contributed by atoms with Crippen LogP contribution in [-0.4, -0.2) is 76.7 Å². The summed E-state index contributed by atoms with van der Waals surface area (Å²) < 4.78 is 0. The first-order valence-corrected chi connectivity index (χ1v) is 11.1. The van der Waals surface area contributed by atoms with Gasteiger partial charge in [0.25, 0.3) is 0 Å². The third-order valence-corrected chi connectivity index (χ3v) is 5.07. The monoisotopic (exact) mass is 454 g/mol. The maximum Gasteiger partial charge on any atom is 0.325 e. The van der Waals surface area contributed by atoms with Crippen LogP contribution in [0.3, 0.4) is 0 Å². The molecule has 4 unspecified atom stereocenters. The third kappa shape index (κ3) is 9.37. The van der Waals surface area contributed by atoms with E-state index in [9.17, 15) is 24.3 Å². The van der Waals surface area contributed by atoms with Crippen molar-refractivity contribution in [1.29, 1.82) is 0 Å². The van der Waals surface area contributed by atoms with Gasteiger partial charge in [-0.05, 0) is 30.9 Å². The van der Waals surface area contributed by atoms with Crippen LogP contribution in [0.25, 0.3) is 0 Å². The highest BCUT2D eigenvalue weighted by Gasteiger charge is 2.29. The number of thioether (sulfide) groups is 1. The minimum Gasteiger partial charge on any atom is -0.480 e. The number of nitrogens with one attached hydrogen (secondary N) is 3. The van der Waals surface area contributed by atoms with E-state index in [-0.39, 0.29) is 6.42 Å². The summed E-state index contributed by atoms with van der Waals surface area (Å²) in [6, 6.07) is 4.52. The largest absolute Gasteiger partial charge is 0.480 e. The molecule has 0 aliphatic heterocycles. The van der Waals surface area contributed by atoms with Crippen LogP contribution in [0.1, 0.15) is 18.9 Å². The third-order valence-electron chi connectivity index (χ3n) is 4.43. The maximum atomic E-state index is 12.8. The Bertz CT molecular complexity index is 748. The first-order chi connectivity index (χ1) is 14.7. The zero-order chi connectivity index (χ0) is 23.4. The molecule has 10 nitrogen and oxygen atoms in total. The summed E-state index contributed by atoms with van der Waals surface area (Å²) in [7, 11) is 0. The van der Waals surface area contributed by atoms with Gasteiger partial charge in [-0.15, -0.1) is 0 Å². The van der Waals surface area contributed by atoms with Crippen molar-refractivity contribution in [2.24, 2.45) is 5.73 Å². The number of aliphatic hydroxyl groups is 1. The number of aliphatic hydroxyl groups excluding tert-OH is 1. The van der Waals surface area contributed by atoms with Crippen molar-refractivity contribution in [2.45, 2.75) is 43.9 Å². The molecule has 31 heavy (non-hydrogen) atoms. The van der Waals surface area contributed by atoms with Gasteiger partial charge in [-0.25, -0.2) is 0 Å². The van der Waals surface area contributed by atoms with Crippen molar-refractivity contribution in [1.82, 2.24) is 16.0 Å². The van der Waals surface area contributed by atoms with Crippen molar-refractivity contribution in [3.05, 3.63) is 35.9 Å². The number of hydrogen-bond donors (Lipinski definition) is 6. The molecule has 0 radical (unpaired) electrons. The molecule has 0 spiro atoms. The molecule has 172 valence electrons. The topological polar surface area (TPSA) is 171 Å². The van der Waals surface area contributed by atoms with Crippen LogP contribution < -0.4 is 21.7 Å². The minimum atomic E-state index is -1.38. The van der Waals surface area contributed by atoms with Gasteiger partial charge in [-0.1, -0.05) is 30.3 Å². The van der Waals surface area contributed by atoms with Crippen molar-refractivity contribution in [3.63, 3.8) is 0 Å². The van der Waals surface area contributed by atoms with E-state index in [1.54, 1.807) is 36.0 Å². The summed E-state index contributed by atoms with van der Waals surface area (Å²) in [5, 5.41) is 25.6. The Morgan fingerprint density at radius 2 is 1.58 bits per heavy atom. The quantitative estimate of drug-likeness (QED) is 0.217. The van der Waals surface area contributed by atoms with E-state index in [1.165, 1.54) is 6.92 Å². The van der Waals surface area contributed by atoms with Gasteiger partial charge in [-0.3, -0.25) is 19.2 Å². The number of benzene rings is 1. The number of carbonyl (C=O) groups is 4. The summed E-state index contributed by atoms with van der Waals surface area (Å²) in [5.74, 6) is -2.64. The second-order valence-electron chi connectivity index (χ2n) is 6.95. The van der Waals surface area contributed by atoms with Crippen LogP contribution in [0.4, 0.5) is 0 Å². The molecule has 1 rings (SSSR count). The Hall–Kier alpha value is -2.63. The summed E-state index contributed by atoms with van der Waals surface area (Å²) in [5.41, 5.74) is 6.66. The smallest absolute Gasteiger partial charge is 0.325 e. The first kappa shape index (κ1) is 26.4. The number of carbonyl (C=O) groups excluding carboxylic acids is 3. The molecule has 0 heterocycles. The number of rotatable bonds is 13. The second-order valence-corrected chi connectivity index (χ2v) is 7.94. The summed E-state index contributed by atoms with van der Waals surface area (Å²) in [6.07, 6.45) is 2.46. The van der Waals surface area contributed by atoms with Gasteiger partial charge in [0.1, 0.15) is 18.1 Å². The van der Waals surface area contributed by atoms with Gasteiger partial charge in [0, 0.05) is 6.42 Å². The molecule has 0 saturated heterocycles. The van der Waals surface area contributed by atoms with E-state index in [1.807, 2.05) is 12.3 Å². The maximum absolute atomic E-state index is 12.8. The molecule has 0 aromatic heterocycles. The second kappa shape index (κ2) is 13.6. The number of carboxylic acid groups (broad SMARTS) is 1. The first-order valence-electron chi connectivity index (χ1n) is 9.72. The van der Waals surface area contributed by atoms with Crippen molar-refractivity contribution in [2.75, 3.05) is 18.6 Å². The number of aliphatic carboxylic acids is 1. The molecule has 7 N–H and O–H groups in total. The van der Waals surface area contributed by atoms with E-state index in [0.717, 1.165) is 5.56 Å². The minimum absolute atomic E-state index is 0.138. The average molecular weight is 455 g/mol. The Morgan fingerprint density at radius 3 is 2.13 bits per heavy atom. The molecular formula is C20H30N4O6S. The zero-order valence-corrected chi connectivity index (χ0v) is 18.4. The predicted octanol–water partition coefficient (Wildman–Crippen LogP) is -1.14. The lowest BCUT2D eigenvalue weighted by Crippen LogP contribution is -2.58. The fourth-order valence-corrected chi connectivity index (χ4v) is 3.05. The molecule has 0 aliphatic carbocycles. The van der Waals surface area contributed by atoms with Crippen molar-refractivity contribution in [3.8, 4) is 0 Å². The van der Waals surface area contributed by atoms with Crippen molar-refractivity contribution < 1.29 is 29.4 Å². The van der Waals surface area contributed by atoms with E-state index in [0.29, 0.717) is 12.2 Å². The van der Waals surface area contributed by atoms with Gasteiger partial charge in [0.05, 0.1) is 12.6 Å². The normalized spacial score (nSPS) is 14.6. The fraction of sp³-hybridized carbons (Fsp3) is 0.500. The molecule has 0 aliphatic rings. The van der Waals surface area contributed by atoms with Crippen LogP contribution in [0.2, 0.25) is 0 Å². The van der Waals surface area contributed by atoms with E-state index >= 15 is 0 Å². The molecule has 11 heteroatoms. The van der Waals surface area contributed by atoms with Gasteiger partial charge >= 0.3 is 5.97 Å². The van der Waals surface area contributed by atoms with Gasteiger partial charge < -0.3 is 31.9 Å². The molecule has 1 aromatic carbocycles. The number of hydrogen-bond acceptors (Lipinski definition) is 7. The zero-order valence-electron chi connectivity index (χ0n) is 17.5. The number of amides is 3. The lowest BCUT2D eigenvalue weighted by atomic mass is 10.0. The summed E-state index contributed by atoms with van der Waals surface area (Å²) >= 11 is 1.54. The van der Waals surface area contributed by atoms with Gasteiger partial charge in [0.2, 0.25) is 17.7 Å². The Kier molecular flexibility index (Phi) is 11.6. The molecular weight excluding hydrogens is 424 g/mol. The van der Waals surface area contributed by atoms with Crippen LogP contribution >= 0.6 is 11.8 Å². The molecule has 0 fully saturated rings. The van der Waals surface area contributed by atoms with Crippen molar-refractivity contribution >= 4 is 35.5 Å². The van der Waals surface area contributed by atoms with E-state index in [2.05, 4.69) is 16.0 Å². The lowest BCUT2D eigenvalue weighted by molar-refractivity contribution is -0.142. The van der Waals surface area contributed by atoms with Crippen LogP contribution in [-0.2, 0) is 25.6 Å². The van der Waals surface area contributed by atoms with E-state index in [4.69, 9.17) is 10.8 Å². The fourth-order valence-electron chi connectivity index (χ4n) is 2.56. The van der Waals surface area contributed by atoms with Crippen LogP contribution in [0.5, 0.6) is 0 Å². The SMILES string of the molecule is CSCCC(N)C(=O)NC(Cc1ccccc1)C(=O)NC(CO)C(=O)NC(C)C(=O)O. The Balaban J connectivity index is 2.91. The standard InChI is InChI=1S/C20H30N4O6S/c1-12(20(29)30)22-19(28)16(11-25)24-18(27)15(10-13-6-4-3-5-7-13)23-17(26)14(21)8-9-31-2/h3-7,12,14-16,25H,8-11,21H2,1-2H3,(H,22,28)(H,23,26)(H,24,27)(H,29,30). The van der Waals surface area contributed by atoms with Gasteiger partial charge in [-0.2, -0.15) is 11.8 Å². The molecule has 4 atom stereocenters.